The van der Waals surface area contributed by atoms with Crippen LogP contribution < -0.4 is 15.5 Å². The first-order valence-corrected chi connectivity index (χ1v) is 13.2. The second kappa shape index (κ2) is 11.4. The van der Waals surface area contributed by atoms with Crippen LogP contribution in [0.25, 0.3) is 0 Å². The third-order valence-electron chi connectivity index (χ3n) is 7.38. The van der Waals surface area contributed by atoms with Gasteiger partial charge in [0.2, 0.25) is 11.8 Å². The number of nitrogens with one attached hydrogen (secondary N) is 2. The molecule has 2 fully saturated rings. The van der Waals surface area contributed by atoms with E-state index in [1.54, 1.807) is 6.07 Å². The maximum atomic E-state index is 14.1. The summed E-state index contributed by atoms with van der Waals surface area (Å²) in [6.45, 7) is 6.65. The van der Waals surface area contributed by atoms with Gasteiger partial charge in [-0.2, -0.15) is 5.26 Å². The molecular weight excluding hydrogens is 466 g/mol. The molecule has 1 aromatic heterocycles. The standard InChI is InChI=1S/C29H37N5O3/c1-29(2,3)20-9-11-22(12-10-20)34(28(37)25-15-23(35)17-32-25)26(24-18-31-14-13-19(24)16-30)27(36)33-21-7-5-4-6-8-21/h9-14,18,21,23,25-26,32,35H,4-8,15,17H2,1-3H3,(H,33,36). The Kier molecular flexibility index (Phi) is 8.25. The van der Waals surface area contributed by atoms with E-state index in [0.29, 0.717) is 23.4 Å². The molecule has 0 bridgehead atoms. The van der Waals surface area contributed by atoms with Crippen LogP contribution in [-0.4, -0.2) is 46.6 Å². The Labute approximate surface area is 219 Å². The summed E-state index contributed by atoms with van der Waals surface area (Å²) in [7, 11) is 0. The Balaban J connectivity index is 1.81. The highest BCUT2D eigenvalue weighted by Gasteiger charge is 2.40. The molecule has 2 aromatic rings. The van der Waals surface area contributed by atoms with E-state index in [9.17, 15) is 20.0 Å². The minimum Gasteiger partial charge on any atom is -0.392 e. The number of anilines is 1. The molecule has 3 atom stereocenters. The number of nitrogens with zero attached hydrogens (tertiary/aromatic N) is 3. The fraction of sp³-hybridized carbons (Fsp3) is 0.517. The average molecular weight is 504 g/mol. The van der Waals surface area contributed by atoms with Crippen LogP contribution in [0.2, 0.25) is 0 Å². The number of aliphatic hydroxyl groups excluding tert-OH is 1. The van der Waals surface area contributed by atoms with Crippen LogP contribution in [0.5, 0.6) is 0 Å². The van der Waals surface area contributed by atoms with Crippen molar-refractivity contribution >= 4 is 17.5 Å². The molecule has 3 N–H and O–H groups in total. The highest BCUT2D eigenvalue weighted by atomic mass is 16.3. The number of aromatic nitrogens is 1. The molecule has 37 heavy (non-hydrogen) atoms. The SMILES string of the molecule is CC(C)(C)c1ccc(N(C(=O)C2CC(O)CN2)C(C(=O)NC2CCCCC2)c2cnccc2C#N)cc1. The number of hydrogen-bond acceptors (Lipinski definition) is 6. The van der Waals surface area contributed by atoms with Crippen molar-refractivity contribution in [2.75, 3.05) is 11.4 Å². The highest BCUT2D eigenvalue weighted by molar-refractivity contribution is 6.04. The van der Waals surface area contributed by atoms with E-state index in [2.05, 4.69) is 42.5 Å². The lowest BCUT2D eigenvalue weighted by molar-refractivity contribution is -0.128. The van der Waals surface area contributed by atoms with Crippen LogP contribution in [0.15, 0.2) is 42.7 Å². The summed E-state index contributed by atoms with van der Waals surface area (Å²) in [6, 6.07) is 9.68. The number of nitriles is 1. The number of pyridine rings is 1. The zero-order chi connectivity index (χ0) is 26.6. The van der Waals surface area contributed by atoms with Gasteiger partial charge in [-0.3, -0.25) is 19.5 Å². The van der Waals surface area contributed by atoms with Gasteiger partial charge < -0.3 is 15.7 Å². The van der Waals surface area contributed by atoms with Gasteiger partial charge in [0.15, 0.2) is 0 Å². The fourth-order valence-electron chi connectivity index (χ4n) is 5.25. The molecule has 0 radical (unpaired) electrons. The number of aliphatic hydroxyl groups is 1. The largest absolute Gasteiger partial charge is 0.392 e. The van der Waals surface area contributed by atoms with Gasteiger partial charge in [0, 0.05) is 36.2 Å². The van der Waals surface area contributed by atoms with E-state index in [0.717, 1.165) is 37.7 Å². The van der Waals surface area contributed by atoms with E-state index in [1.807, 2.05) is 24.3 Å². The third kappa shape index (κ3) is 6.17. The van der Waals surface area contributed by atoms with E-state index >= 15 is 0 Å². The van der Waals surface area contributed by atoms with Gasteiger partial charge in [-0.1, -0.05) is 52.2 Å². The zero-order valence-corrected chi connectivity index (χ0v) is 21.9. The summed E-state index contributed by atoms with van der Waals surface area (Å²) in [5, 5.41) is 26.3. The first kappa shape index (κ1) is 26.8. The quantitative estimate of drug-likeness (QED) is 0.555. The van der Waals surface area contributed by atoms with Crippen molar-refractivity contribution in [3.8, 4) is 6.07 Å². The second-order valence-electron chi connectivity index (χ2n) is 11.2. The highest BCUT2D eigenvalue weighted by Crippen LogP contribution is 2.33. The van der Waals surface area contributed by atoms with Gasteiger partial charge in [0.05, 0.1) is 23.8 Å². The van der Waals surface area contributed by atoms with Crippen molar-refractivity contribution in [3.63, 3.8) is 0 Å². The Hall–Kier alpha value is -3.28. The summed E-state index contributed by atoms with van der Waals surface area (Å²) in [5.41, 5.74) is 2.24. The van der Waals surface area contributed by atoms with Crippen molar-refractivity contribution in [2.24, 2.45) is 0 Å². The summed E-state index contributed by atoms with van der Waals surface area (Å²) in [6.07, 6.45) is 7.66. The second-order valence-corrected chi connectivity index (χ2v) is 11.2. The maximum Gasteiger partial charge on any atom is 0.248 e. The van der Waals surface area contributed by atoms with E-state index in [4.69, 9.17) is 0 Å². The zero-order valence-electron chi connectivity index (χ0n) is 21.9. The van der Waals surface area contributed by atoms with Crippen LogP contribution in [0.3, 0.4) is 0 Å². The molecule has 2 aliphatic rings. The molecule has 4 rings (SSSR count). The number of carbonyl (C=O) groups excluding carboxylic acids is 2. The van der Waals surface area contributed by atoms with E-state index in [-0.39, 0.29) is 29.7 Å². The minimum atomic E-state index is -1.09. The van der Waals surface area contributed by atoms with E-state index < -0.39 is 18.2 Å². The molecule has 1 aliphatic heterocycles. The number of amides is 2. The monoisotopic (exact) mass is 503 g/mol. The molecule has 1 aliphatic carbocycles. The van der Waals surface area contributed by atoms with Crippen molar-refractivity contribution in [1.82, 2.24) is 15.6 Å². The number of hydrogen-bond donors (Lipinski definition) is 3. The molecule has 196 valence electrons. The van der Waals surface area contributed by atoms with Crippen molar-refractivity contribution < 1.29 is 14.7 Å². The molecule has 2 amide bonds. The molecule has 3 unspecified atom stereocenters. The van der Waals surface area contributed by atoms with Crippen LogP contribution in [0, 0.1) is 11.3 Å². The van der Waals surface area contributed by atoms with Crippen molar-refractivity contribution in [3.05, 3.63) is 59.4 Å². The molecule has 1 saturated carbocycles. The predicted octanol–water partition coefficient (Wildman–Crippen LogP) is 3.50. The average Bonchev–Trinajstić information content (AvgIpc) is 3.33. The molecule has 0 spiro atoms. The minimum absolute atomic E-state index is 0.0256. The number of carbonyl (C=O) groups is 2. The van der Waals surface area contributed by atoms with E-state index in [1.165, 1.54) is 17.3 Å². The lowest BCUT2D eigenvalue weighted by atomic mass is 9.87. The Bertz CT molecular complexity index is 1150. The summed E-state index contributed by atoms with van der Waals surface area (Å²) >= 11 is 0. The van der Waals surface area contributed by atoms with Gasteiger partial charge >= 0.3 is 0 Å². The molecule has 1 saturated heterocycles. The maximum absolute atomic E-state index is 14.1. The van der Waals surface area contributed by atoms with Crippen molar-refractivity contribution in [1.29, 1.82) is 5.26 Å². The lowest BCUT2D eigenvalue weighted by Crippen LogP contribution is -2.51. The molecule has 8 nitrogen and oxygen atoms in total. The molecule has 1 aromatic carbocycles. The van der Waals surface area contributed by atoms with Crippen LogP contribution in [0.1, 0.15) is 82.0 Å². The summed E-state index contributed by atoms with van der Waals surface area (Å²) in [5.74, 6) is -0.653. The molecule has 8 heteroatoms. The Morgan fingerprint density at radius 2 is 1.86 bits per heavy atom. The van der Waals surface area contributed by atoms with Crippen LogP contribution in [-0.2, 0) is 15.0 Å². The van der Waals surface area contributed by atoms with Crippen LogP contribution >= 0.6 is 0 Å². The van der Waals surface area contributed by atoms with Gasteiger partial charge in [-0.25, -0.2) is 0 Å². The number of rotatable bonds is 6. The topological polar surface area (TPSA) is 118 Å². The Morgan fingerprint density at radius 3 is 2.46 bits per heavy atom. The van der Waals surface area contributed by atoms with Gasteiger partial charge in [0.25, 0.3) is 0 Å². The van der Waals surface area contributed by atoms with Gasteiger partial charge in [-0.15, -0.1) is 0 Å². The van der Waals surface area contributed by atoms with Crippen molar-refractivity contribution in [2.45, 2.75) is 88.9 Å². The predicted molar refractivity (Wildman–Crippen MR) is 142 cm³/mol. The smallest absolute Gasteiger partial charge is 0.248 e. The first-order valence-electron chi connectivity index (χ1n) is 13.2. The van der Waals surface area contributed by atoms with Gasteiger partial charge in [0.1, 0.15) is 6.04 Å². The number of benzene rings is 1. The first-order chi connectivity index (χ1) is 17.7. The lowest BCUT2D eigenvalue weighted by Gasteiger charge is -2.35. The summed E-state index contributed by atoms with van der Waals surface area (Å²) < 4.78 is 0. The summed E-state index contributed by atoms with van der Waals surface area (Å²) in [4.78, 5) is 33.7. The normalized spacial score (nSPS) is 21.2. The fourth-order valence-corrected chi connectivity index (χ4v) is 5.25. The number of β-amino-alcohol motifs (C(OH)–C–C–N with tert-alkyl or cyclic N) is 1. The molecular formula is C29H37N5O3. The Morgan fingerprint density at radius 1 is 1.16 bits per heavy atom. The van der Waals surface area contributed by atoms with Gasteiger partial charge in [-0.05, 0) is 48.4 Å². The third-order valence-corrected chi connectivity index (χ3v) is 7.38. The van der Waals surface area contributed by atoms with Crippen LogP contribution in [0.4, 0.5) is 5.69 Å². The molecule has 2 heterocycles.